The van der Waals surface area contributed by atoms with Gasteiger partial charge in [-0.2, -0.15) is 0 Å². The number of carbonyl (C=O) groups is 1. The molecule has 2 N–H and O–H groups in total. The highest BCUT2D eigenvalue weighted by atomic mass is 35.5. The molecule has 3 aromatic carbocycles. The Morgan fingerprint density at radius 1 is 0.852 bits per heavy atom. The highest BCUT2D eigenvalue weighted by molar-refractivity contribution is 6.42. The summed E-state index contributed by atoms with van der Waals surface area (Å²) in [4.78, 5) is 12.0. The fourth-order valence-corrected chi connectivity index (χ4v) is 2.67. The van der Waals surface area contributed by atoms with Crippen molar-refractivity contribution in [1.29, 1.82) is 0 Å². The predicted molar refractivity (Wildman–Crippen MR) is 111 cm³/mol. The molecule has 27 heavy (non-hydrogen) atoms. The molecule has 1 amide bonds. The summed E-state index contributed by atoms with van der Waals surface area (Å²) >= 11 is 11.8. The summed E-state index contributed by atoms with van der Waals surface area (Å²) < 4.78 is 5.74. The van der Waals surface area contributed by atoms with Crippen LogP contribution in [0.2, 0.25) is 10.0 Å². The third kappa shape index (κ3) is 5.91. The molecule has 0 heterocycles. The van der Waals surface area contributed by atoms with E-state index in [0.717, 1.165) is 17.0 Å². The molecule has 0 bridgehead atoms. The SMILES string of the molecule is O=C(CNc1ccc(OCc2ccccc2)cc1)Nc1ccc(Cl)c(Cl)c1. The van der Waals surface area contributed by atoms with Gasteiger partial charge in [-0.05, 0) is 48.0 Å². The van der Waals surface area contributed by atoms with Gasteiger partial charge in [0.25, 0.3) is 0 Å². The van der Waals surface area contributed by atoms with Crippen LogP contribution in [-0.2, 0) is 11.4 Å². The van der Waals surface area contributed by atoms with Crippen LogP contribution in [0.3, 0.4) is 0 Å². The monoisotopic (exact) mass is 400 g/mol. The van der Waals surface area contributed by atoms with E-state index >= 15 is 0 Å². The molecule has 0 saturated heterocycles. The van der Waals surface area contributed by atoms with Crippen molar-refractivity contribution >= 4 is 40.5 Å². The maximum Gasteiger partial charge on any atom is 0.243 e. The Balaban J connectivity index is 1.46. The zero-order valence-corrected chi connectivity index (χ0v) is 15.9. The van der Waals surface area contributed by atoms with Crippen LogP contribution in [0, 0.1) is 0 Å². The number of nitrogens with one attached hydrogen (secondary N) is 2. The average molecular weight is 401 g/mol. The van der Waals surface area contributed by atoms with Crippen LogP contribution >= 0.6 is 23.2 Å². The van der Waals surface area contributed by atoms with E-state index in [1.807, 2.05) is 54.6 Å². The highest BCUT2D eigenvalue weighted by Gasteiger charge is 2.05. The number of hydrogen-bond acceptors (Lipinski definition) is 3. The van der Waals surface area contributed by atoms with E-state index in [1.165, 1.54) is 0 Å². The van der Waals surface area contributed by atoms with Gasteiger partial charge in [0.1, 0.15) is 12.4 Å². The molecule has 0 unspecified atom stereocenters. The fraction of sp³-hybridized carbons (Fsp3) is 0.0952. The molecule has 6 heteroatoms. The van der Waals surface area contributed by atoms with Crippen molar-refractivity contribution < 1.29 is 9.53 Å². The average Bonchev–Trinajstić information content (AvgIpc) is 2.69. The maximum absolute atomic E-state index is 12.0. The lowest BCUT2D eigenvalue weighted by Gasteiger charge is -2.10. The number of hydrogen-bond donors (Lipinski definition) is 2. The minimum absolute atomic E-state index is 0.129. The predicted octanol–water partition coefficient (Wildman–Crippen LogP) is 5.62. The molecule has 0 spiro atoms. The second kappa shape index (κ2) is 9.31. The first kappa shape index (κ1) is 19.1. The minimum atomic E-state index is -0.183. The Hall–Kier alpha value is -2.69. The number of ether oxygens (including phenoxy) is 1. The van der Waals surface area contributed by atoms with Crippen molar-refractivity contribution in [3.05, 3.63) is 88.4 Å². The molecule has 0 aliphatic rings. The van der Waals surface area contributed by atoms with Gasteiger partial charge in [0.15, 0.2) is 0 Å². The van der Waals surface area contributed by atoms with Gasteiger partial charge in [-0.3, -0.25) is 4.79 Å². The van der Waals surface area contributed by atoms with Gasteiger partial charge in [-0.25, -0.2) is 0 Å². The molecule has 0 fully saturated rings. The van der Waals surface area contributed by atoms with Crippen molar-refractivity contribution in [3.63, 3.8) is 0 Å². The first-order valence-electron chi connectivity index (χ1n) is 8.36. The molecule has 138 valence electrons. The fourth-order valence-electron chi connectivity index (χ4n) is 2.37. The maximum atomic E-state index is 12.0. The van der Waals surface area contributed by atoms with Gasteiger partial charge >= 0.3 is 0 Å². The van der Waals surface area contributed by atoms with Crippen LogP contribution in [0.25, 0.3) is 0 Å². The van der Waals surface area contributed by atoms with Gasteiger partial charge in [0.05, 0.1) is 16.6 Å². The van der Waals surface area contributed by atoms with Gasteiger partial charge in [-0.15, -0.1) is 0 Å². The number of anilines is 2. The van der Waals surface area contributed by atoms with Gasteiger partial charge < -0.3 is 15.4 Å². The third-order valence-electron chi connectivity index (χ3n) is 3.76. The number of benzene rings is 3. The Morgan fingerprint density at radius 3 is 2.26 bits per heavy atom. The molecule has 0 radical (unpaired) electrons. The summed E-state index contributed by atoms with van der Waals surface area (Å²) in [6, 6.07) is 22.4. The number of carbonyl (C=O) groups excluding carboxylic acids is 1. The van der Waals surface area contributed by atoms with E-state index in [0.29, 0.717) is 22.3 Å². The molecule has 0 aromatic heterocycles. The summed E-state index contributed by atoms with van der Waals surface area (Å²) in [6.45, 7) is 0.643. The van der Waals surface area contributed by atoms with Gasteiger partial charge in [0, 0.05) is 11.4 Å². The Labute approximate surface area is 168 Å². The zero-order chi connectivity index (χ0) is 19.1. The van der Waals surface area contributed by atoms with E-state index in [1.54, 1.807) is 18.2 Å². The summed E-state index contributed by atoms with van der Waals surface area (Å²) in [6.07, 6.45) is 0. The van der Waals surface area contributed by atoms with Crippen LogP contribution in [-0.4, -0.2) is 12.5 Å². The van der Waals surface area contributed by atoms with Crippen LogP contribution in [0.4, 0.5) is 11.4 Å². The van der Waals surface area contributed by atoms with Crippen LogP contribution in [0.5, 0.6) is 5.75 Å². The Morgan fingerprint density at radius 2 is 1.56 bits per heavy atom. The summed E-state index contributed by atoms with van der Waals surface area (Å²) in [7, 11) is 0. The van der Waals surface area contributed by atoms with Gasteiger partial charge in [-0.1, -0.05) is 53.5 Å². The zero-order valence-electron chi connectivity index (χ0n) is 14.4. The normalized spacial score (nSPS) is 10.3. The lowest BCUT2D eigenvalue weighted by molar-refractivity contribution is -0.114. The van der Waals surface area contributed by atoms with Crippen molar-refractivity contribution in [2.45, 2.75) is 6.61 Å². The first-order valence-corrected chi connectivity index (χ1v) is 9.11. The van der Waals surface area contributed by atoms with E-state index in [2.05, 4.69) is 10.6 Å². The smallest absolute Gasteiger partial charge is 0.243 e. The van der Waals surface area contributed by atoms with Crippen molar-refractivity contribution in [3.8, 4) is 5.75 Å². The van der Waals surface area contributed by atoms with E-state index in [-0.39, 0.29) is 12.5 Å². The number of rotatable bonds is 7. The molecule has 0 aliphatic heterocycles. The second-order valence-corrected chi connectivity index (χ2v) is 6.64. The second-order valence-electron chi connectivity index (χ2n) is 5.83. The molecular formula is C21H18Cl2N2O2. The largest absolute Gasteiger partial charge is 0.489 e. The summed E-state index contributed by atoms with van der Waals surface area (Å²) in [5.41, 5.74) is 2.53. The first-order chi connectivity index (χ1) is 13.1. The van der Waals surface area contributed by atoms with Crippen molar-refractivity contribution in [2.24, 2.45) is 0 Å². The molecular weight excluding hydrogens is 383 g/mol. The minimum Gasteiger partial charge on any atom is -0.489 e. The highest BCUT2D eigenvalue weighted by Crippen LogP contribution is 2.25. The number of halogens is 2. The molecule has 0 aliphatic carbocycles. The third-order valence-corrected chi connectivity index (χ3v) is 4.50. The summed E-state index contributed by atoms with van der Waals surface area (Å²) in [5, 5.41) is 6.67. The topological polar surface area (TPSA) is 50.4 Å². The van der Waals surface area contributed by atoms with Crippen LogP contribution in [0.1, 0.15) is 5.56 Å². The standard InChI is InChI=1S/C21H18Cl2N2O2/c22-19-11-8-17(12-20(19)23)25-21(26)13-24-16-6-9-18(10-7-16)27-14-15-4-2-1-3-5-15/h1-12,24H,13-14H2,(H,25,26). The lowest BCUT2D eigenvalue weighted by atomic mass is 10.2. The number of amides is 1. The Kier molecular flexibility index (Phi) is 6.58. The van der Waals surface area contributed by atoms with E-state index < -0.39 is 0 Å². The molecule has 3 aromatic rings. The van der Waals surface area contributed by atoms with Crippen LogP contribution < -0.4 is 15.4 Å². The molecule has 0 atom stereocenters. The van der Waals surface area contributed by atoms with Gasteiger partial charge in [0.2, 0.25) is 5.91 Å². The van der Waals surface area contributed by atoms with Crippen molar-refractivity contribution in [1.82, 2.24) is 0 Å². The molecule has 0 saturated carbocycles. The Bertz CT molecular complexity index is 900. The molecule has 4 nitrogen and oxygen atoms in total. The lowest BCUT2D eigenvalue weighted by Crippen LogP contribution is -2.21. The summed E-state index contributed by atoms with van der Waals surface area (Å²) in [5.74, 6) is 0.586. The molecule has 3 rings (SSSR count). The van der Waals surface area contributed by atoms with E-state index in [4.69, 9.17) is 27.9 Å². The quantitative estimate of drug-likeness (QED) is 0.540. The van der Waals surface area contributed by atoms with Crippen LogP contribution in [0.15, 0.2) is 72.8 Å². The van der Waals surface area contributed by atoms with E-state index in [9.17, 15) is 4.79 Å². The van der Waals surface area contributed by atoms with Crippen molar-refractivity contribution in [2.75, 3.05) is 17.2 Å².